The maximum absolute atomic E-state index is 5.29. The number of imidazole rings is 1. The van der Waals surface area contributed by atoms with Crippen LogP contribution >= 0.6 is 0 Å². The third kappa shape index (κ3) is 4.75. The molecule has 8 heteroatoms. The minimum Gasteiger partial charge on any atom is -0.383 e. The quantitative estimate of drug-likeness (QED) is 0.543. The first-order valence-electron chi connectivity index (χ1n) is 11.2. The zero-order chi connectivity index (χ0) is 22.0. The molecule has 0 spiro atoms. The Balaban J connectivity index is 1.56. The summed E-state index contributed by atoms with van der Waals surface area (Å²) in [7, 11) is 3.80. The molecule has 0 N–H and O–H groups in total. The SMILES string of the molecule is COCCN(C)c1nc(C2CCN(Cc3cc(C)on3)CC2)cc2c1ncn2C(C)C. The van der Waals surface area contributed by atoms with Gasteiger partial charge in [0.1, 0.15) is 11.3 Å². The van der Waals surface area contributed by atoms with Crippen molar-refractivity contribution in [1.29, 1.82) is 0 Å². The summed E-state index contributed by atoms with van der Waals surface area (Å²) >= 11 is 0. The van der Waals surface area contributed by atoms with Crippen LogP contribution in [-0.4, -0.2) is 65.0 Å². The molecule has 0 aliphatic carbocycles. The number of aryl methyl sites for hydroxylation is 1. The van der Waals surface area contributed by atoms with Crippen molar-refractivity contribution in [2.24, 2.45) is 0 Å². The van der Waals surface area contributed by atoms with Gasteiger partial charge in [0, 0.05) is 51.0 Å². The summed E-state index contributed by atoms with van der Waals surface area (Å²) in [4.78, 5) is 14.4. The predicted octanol–water partition coefficient (Wildman–Crippen LogP) is 3.77. The Bertz CT molecular complexity index is 1000. The lowest BCUT2D eigenvalue weighted by Gasteiger charge is -2.31. The number of hydrogen-bond acceptors (Lipinski definition) is 7. The second-order valence-corrected chi connectivity index (χ2v) is 8.88. The van der Waals surface area contributed by atoms with E-state index in [9.17, 15) is 0 Å². The van der Waals surface area contributed by atoms with Gasteiger partial charge in [-0.1, -0.05) is 5.16 Å². The lowest BCUT2D eigenvalue weighted by Crippen LogP contribution is -2.33. The normalized spacial score (nSPS) is 15.9. The van der Waals surface area contributed by atoms with E-state index in [0.29, 0.717) is 18.6 Å². The van der Waals surface area contributed by atoms with Crippen LogP contribution in [0.2, 0.25) is 0 Å². The Labute approximate surface area is 184 Å². The molecular formula is C23H34N6O2. The van der Waals surface area contributed by atoms with Gasteiger partial charge in [0.15, 0.2) is 5.82 Å². The van der Waals surface area contributed by atoms with Gasteiger partial charge in [-0.05, 0) is 52.8 Å². The molecule has 8 nitrogen and oxygen atoms in total. The fourth-order valence-electron chi connectivity index (χ4n) is 4.36. The van der Waals surface area contributed by atoms with Crippen molar-refractivity contribution < 1.29 is 9.26 Å². The number of nitrogens with zero attached hydrogens (tertiary/aromatic N) is 6. The summed E-state index contributed by atoms with van der Waals surface area (Å²) in [5.41, 5.74) is 4.32. The van der Waals surface area contributed by atoms with Crippen LogP contribution in [0.15, 0.2) is 23.0 Å². The summed E-state index contributed by atoms with van der Waals surface area (Å²) in [6.45, 7) is 10.7. The van der Waals surface area contributed by atoms with Gasteiger partial charge in [-0.3, -0.25) is 4.90 Å². The molecule has 1 aliphatic rings. The van der Waals surface area contributed by atoms with E-state index < -0.39 is 0 Å². The van der Waals surface area contributed by atoms with Crippen molar-refractivity contribution in [2.75, 3.05) is 45.3 Å². The van der Waals surface area contributed by atoms with Crippen molar-refractivity contribution >= 4 is 16.9 Å². The highest BCUT2D eigenvalue weighted by Crippen LogP contribution is 2.33. The summed E-state index contributed by atoms with van der Waals surface area (Å²) in [5.74, 6) is 2.27. The molecule has 3 aromatic rings. The van der Waals surface area contributed by atoms with E-state index in [0.717, 1.165) is 61.8 Å². The van der Waals surface area contributed by atoms with Crippen LogP contribution in [0.4, 0.5) is 5.82 Å². The summed E-state index contributed by atoms with van der Waals surface area (Å²) in [5, 5.41) is 4.14. The number of pyridine rings is 1. The first kappa shape index (κ1) is 21.8. The molecule has 3 aromatic heterocycles. The van der Waals surface area contributed by atoms with Crippen LogP contribution in [0.25, 0.3) is 11.0 Å². The highest BCUT2D eigenvalue weighted by Gasteiger charge is 2.25. The van der Waals surface area contributed by atoms with E-state index in [2.05, 4.69) is 46.5 Å². The van der Waals surface area contributed by atoms with Gasteiger partial charge in [-0.15, -0.1) is 0 Å². The Morgan fingerprint density at radius 2 is 2.03 bits per heavy atom. The molecule has 4 rings (SSSR count). The van der Waals surface area contributed by atoms with Crippen LogP contribution in [-0.2, 0) is 11.3 Å². The molecule has 0 saturated carbocycles. The van der Waals surface area contributed by atoms with E-state index in [1.807, 2.05) is 19.3 Å². The average Bonchev–Trinajstić information content (AvgIpc) is 3.37. The largest absolute Gasteiger partial charge is 0.383 e. The molecule has 31 heavy (non-hydrogen) atoms. The monoisotopic (exact) mass is 426 g/mol. The summed E-state index contributed by atoms with van der Waals surface area (Å²) < 4.78 is 12.7. The van der Waals surface area contributed by atoms with Gasteiger partial charge < -0.3 is 18.7 Å². The molecular weight excluding hydrogens is 392 g/mol. The maximum atomic E-state index is 5.29. The van der Waals surface area contributed by atoms with Crippen molar-refractivity contribution in [2.45, 2.75) is 52.1 Å². The average molecular weight is 427 g/mol. The summed E-state index contributed by atoms with van der Waals surface area (Å²) in [6.07, 6.45) is 4.12. The van der Waals surface area contributed by atoms with Crippen LogP contribution < -0.4 is 4.90 Å². The fraction of sp³-hybridized carbons (Fsp3) is 0.609. The third-order valence-corrected chi connectivity index (χ3v) is 6.18. The molecule has 0 unspecified atom stereocenters. The van der Waals surface area contributed by atoms with E-state index in [1.165, 1.54) is 11.2 Å². The van der Waals surface area contributed by atoms with Gasteiger partial charge in [0.05, 0.1) is 24.1 Å². The van der Waals surface area contributed by atoms with Crippen LogP contribution in [0.1, 0.15) is 55.8 Å². The van der Waals surface area contributed by atoms with Crippen molar-refractivity contribution in [3.8, 4) is 0 Å². The molecule has 0 radical (unpaired) electrons. The smallest absolute Gasteiger partial charge is 0.156 e. The number of aromatic nitrogens is 4. The lowest BCUT2D eigenvalue weighted by molar-refractivity contribution is 0.198. The number of hydrogen-bond donors (Lipinski definition) is 0. The number of anilines is 1. The molecule has 4 heterocycles. The zero-order valence-corrected chi connectivity index (χ0v) is 19.3. The molecule has 1 saturated heterocycles. The first-order valence-corrected chi connectivity index (χ1v) is 11.2. The number of fused-ring (bicyclic) bond motifs is 1. The summed E-state index contributed by atoms with van der Waals surface area (Å²) in [6, 6.07) is 4.64. The third-order valence-electron chi connectivity index (χ3n) is 6.18. The molecule has 0 bridgehead atoms. The minimum atomic E-state index is 0.352. The second kappa shape index (κ2) is 9.36. The van der Waals surface area contributed by atoms with Crippen LogP contribution in [0, 0.1) is 6.92 Å². The Kier molecular flexibility index (Phi) is 6.57. The Hall–Kier alpha value is -2.45. The lowest BCUT2D eigenvalue weighted by atomic mass is 9.92. The highest BCUT2D eigenvalue weighted by atomic mass is 16.5. The number of ether oxygens (including phenoxy) is 1. The predicted molar refractivity (Wildman–Crippen MR) is 122 cm³/mol. The van der Waals surface area contributed by atoms with E-state index in [1.54, 1.807) is 7.11 Å². The Morgan fingerprint density at radius 3 is 2.68 bits per heavy atom. The van der Waals surface area contributed by atoms with Crippen LogP contribution in [0.3, 0.4) is 0 Å². The highest BCUT2D eigenvalue weighted by molar-refractivity contribution is 5.87. The number of likely N-dealkylation sites (tertiary alicyclic amines) is 1. The molecule has 0 amide bonds. The van der Waals surface area contributed by atoms with E-state index >= 15 is 0 Å². The molecule has 1 fully saturated rings. The van der Waals surface area contributed by atoms with Crippen molar-refractivity contribution in [3.63, 3.8) is 0 Å². The van der Waals surface area contributed by atoms with Crippen molar-refractivity contribution in [3.05, 3.63) is 35.6 Å². The van der Waals surface area contributed by atoms with Gasteiger partial charge in [0.25, 0.3) is 0 Å². The molecule has 0 atom stereocenters. The van der Waals surface area contributed by atoms with Gasteiger partial charge in [-0.2, -0.15) is 0 Å². The second-order valence-electron chi connectivity index (χ2n) is 8.88. The number of methoxy groups -OCH3 is 1. The van der Waals surface area contributed by atoms with E-state index in [4.69, 9.17) is 19.2 Å². The standard InChI is InChI=1S/C23H34N6O2/c1-16(2)29-15-24-22-21(29)13-20(25-23(22)27(4)10-11-30-5)18-6-8-28(9-7-18)14-19-12-17(3)31-26-19/h12-13,15-16,18H,6-11,14H2,1-5H3. The van der Waals surface area contributed by atoms with Gasteiger partial charge in [0.2, 0.25) is 0 Å². The van der Waals surface area contributed by atoms with Crippen LogP contribution in [0.5, 0.6) is 0 Å². The van der Waals surface area contributed by atoms with Gasteiger partial charge in [-0.25, -0.2) is 9.97 Å². The fourth-order valence-corrected chi connectivity index (χ4v) is 4.36. The minimum absolute atomic E-state index is 0.352. The zero-order valence-electron chi connectivity index (χ0n) is 19.3. The molecule has 1 aliphatic heterocycles. The van der Waals surface area contributed by atoms with Gasteiger partial charge >= 0.3 is 0 Å². The first-order chi connectivity index (χ1) is 15.0. The topological polar surface area (TPSA) is 72.5 Å². The number of likely N-dealkylation sites (N-methyl/N-ethyl adjacent to an activating group) is 1. The Morgan fingerprint density at radius 1 is 1.26 bits per heavy atom. The molecule has 168 valence electrons. The number of piperidine rings is 1. The number of rotatable bonds is 8. The van der Waals surface area contributed by atoms with Crippen molar-refractivity contribution in [1.82, 2.24) is 24.6 Å². The van der Waals surface area contributed by atoms with E-state index in [-0.39, 0.29) is 0 Å². The molecule has 0 aromatic carbocycles. The maximum Gasteiger partial charge on any atom is 0.156 e.